The monoisotopic (exact) mass is 234 g/mol. The molecule has 1 aromatic heterocycles. The highest BCUT2D eigenvalue weighted by molar-refractivity contribution is 5.21. The zero-order valence-electron chi connectivity index (χ0n) is 11.0. The summed E-state index contributed by atoms with van der Waals surface area (Å²) in [6, 6.07) is 3.08. The molecule has 0 spiro atoms. The van der Waals surface area contributed by atoms with Crippen molar-refractivity contribution >= 4 is 0 Å². The van der Waals surface area contributed by atoms with Crippen LogP contribution in [0.15, 0.2) is 17.1 Å². The number of H-pyrrole nitrogens is 1. The van der Waals surface area contributed by atoms with Gasteiger partial charge in [0.15, 0.2) is 0 Å². The number of piperidine rings is 1. The summed E-state index contributed by atoms with van der Waals surface area (Å²) >= 11 is 0. The van der Waals surface area contributed by atoms with Gasteiger partial charge in [-0.05, 0) is 51.8 Å². The molecule has 0 bridgehead atoms. The van der Waals surface area contributed by atoms with Crippen molar-refractivity contribution in [1.29, 1.82) is 0 Å². The Morgan fingerprint density at radius 1 is 1.41 bits per heavy atom. The van der Waals surface area contributed by atoms with Crippen molar-refractivity contribution in [3.05, 3.63) is 33.7 Å². The number of pyridine rings is 1. The molecule has 2 rings (SSSR count). The van der Waals surface area contributed by atoms with Gasteiger partial charge in [0.1, 0.15) is 0 Å². The number of nitrogens with zero attached hydrogens (tertiary/aromatic N) is 1. The zero-order valence-corrected chi connectivity index (χ0v) is 11.0. The second kappa shape index (κ2) is 5.05. The fraction of sp³-hybridized carbons (Fsp3) is 0.643. The van der Waals surface area contributed by atoms with Gasteiger partial charge in [0.25, 0.3) is 5.56 Å². The van der Waals surface area contributed by atoms with Crippen LogP contribution in [0.5, 0.6) is 0 Å². The number of nitrogens with one attached hydrogen (secondary N) is 1. The maximum Gasteiger partial charge on any atom is 0.250 e. The average Bonchev–Trinajstić information content (AvgIpc) is 2.32. The number of hydrogen-bond donors (Lipinski definition) is 1. The maximum absolute atomic E-state index is 11.4. The molecule has 1 aliphatic rings. The van der Waals surface area contributed by atoms with Crippen LogP contribution in [-0.4, -0.2) is 22.5 Å². The number of rotatable bonds is 2. The number of aromatic nitrogens is 1. The van der Waals surface area contributed by atoms with Gasteiger partial charge >= 0.3 is 0 Å². The highest BCUT2D eigenvalue weighted by Gasteiger charge is 2.25. The Morgan fingerprint density at radius 3 is 2.82 bits per heavy atom. The van der Waals surface area contributed by atoms with Gasteiger partial charge in [0.05, 0.1) is 0 Å². The lowest BCUT2D eigenvalue weighted by Crippen LogP contribution is -2.38. The molecule has 0 radical (unpaired) electrons. The Balaban J connectivity index is 2.29. The van der Waals surface area contributed by atoms with Crippen LogP contribution in [-0.2, 0) is 0 Å². The third kappa shape index (κ3) is 2.60. The Kier molecular flexibility index (Phi) is 3.67. The topological polar surface area (TPSA) is 36.1 Å². The lowest BCUT2D eigenvalue weighted by molar-refractivity contribution is 0.112. The van der Waals surface area contributed by atoms with Crippen molar-refractivity contribution in [1.82, 2.24) is 9.88 Å². The number of hydrogen-bond acceptors (Lipinski definition) is 2. The summed E-state index contributed by atoms with van der Waals surface area (Å²) in [5.74, 6) is 0. The fourth-order valence-electron chi connectivity index (χ4n) is 2.74. The van der Waals surface area contributed by atoms with Crippen LogP contribution in [0.1, 0.15) is 50.3 Å². The standard InChI is InChI=1S/C14H22N2O/c1-10(2)16-7-5-4-6-13(16)12-8-11(3)14(17)15-9-12/h8-10,13H,4-7H2,1-3H3,(H,15,17)/t13-/m0/s1. The summed E-state index contributed by atoms with van der Waals surface area (Å²) in [5.41, 5.74) is 2.10. The van der Waals surface area contributed by atoms with E-state index in [1.807, 2.05) is 19.2 Å². The van der Waals surface area contributed by atoms with Crippen molar-refractivity contribution in [3.8, 4) is 0 Å². The van der Waals surface area contributed by atoms with E-state index in [0.29, 0.717) is 12.1 Å². The molecular formula is C14H22N2O. The average molecular weight is 234 g/mol. The first-order valence-corrected chi connectivity index (χ1v) is 6.54. The van der Waals surface area contributed by atoms with Gasteiger partial charge in [-0.15, -0.1) is 0 Å². The molecule has 1 N–H and O–H groups in total. The predicted molar refractivity (Wildman–Crippen MR) is 70.2 cm³/mol. The minimum absolute atomic E-state index is 0.0284. The number of likely N-dealkylation sites (tertiary alicyclic amines) is 1. The quantitative estimate of drug-likeness (QED) is 0.854. The summed E-state index contributed by atoms with van der Waals surface area (Å²) in [4.78, 5) is 16.8. The summed E-state index contributed by atoms with van der Waals surface area (Å²) in [6.07, 6.45) is 5.66. The first-order chi connectivity index (χ1) is 8.09. The molecule has 1 aromatic rings. The largest absolute Gasteiger partial charge is 0.329 e. The van der Waals surface area contributed by atoms with Crippen LogP contribution < -0.4 is 5.56 Å². The summed E-state index contributed by atoms with van der Waals surface area (Å²) < 4.78 is 0. The van der Waals surface area contributed by atoms with Gasteiger partial charge in [-0.3, -0.25) is 9.69 Å². The van der Waals surface area contributed by atoms with E-state index in [1.54, 1.807) is 0 Å². The molecule has 1 saturated heterocycles. The molecule has 17 heavy (non-hydrogen) atoms. The summed E-state index contributed by atoms with van der Waals surface area (Å²) in [5, 5.41) is 0. The van der Waals surface area contributed by atoms with E-state index in [0.717, 1.165) is 5.56 Å². The molecule has 0 amide bonds. The van der Waals surface area contributed by atoms with E-state index in [4.69, 9.17) is 0 Å². The number of aromatic amines is 1. The van der Waals surface area contributed by atoms with E-state index in [9.17, 15) is 4.79 Å². The zero-order chi connectivity index (χ0) is 12.4. The summed E-state index contributed by atoms with van der Waals surface area (Å²) in [7, 11) is 0. The molecule has 1 aliphatic heterocycles. The maximum atomic E-state index is 11.4. The van der Waals surface area contributed by atoms with Crippen LogP contribution in [0.2, 0.25) is 0 Å². The first-order valence-electron chi connectivity index (χ1n) is 6.54. The molecule has 0 saturated carbocycles. The number of aryl methyl sites for hydroxylation is 1. The van der Waals surface area contributed by atoms with Gasteiger partial charge in [0.2, 0.25) is 0 Å². The minimum atomic E-state index is 0.0284. The van der Waals surface area contributed by atoms with Crippen molar-refractivity contribution in [2.24, 2.45) is 0 Å². The van der Waals surface area contributed by atoms with E-state index < -0.39 is 0 Å². The molecule has 3 nitrogen and oxygen atoms in total. The molecule has 94 valence electrons. The van der Waals surface area contributed by atoms with E-state index in [-0.39, 0.29) is 5.56 Å². The molecule has 2 heterocycles. The molecular weight excluding hydrogens is 212 g/mol. The molecule has 0 aliphatic carbocycles. The predicted octanol–water partition coefficient (Wildman–Crippen LogP) is 2.62. The van der Waals surface area contributed by atoms with Gasteiger partial charge in [-0.25, -0.2) is 0 Å². The van der Waals surface area contributed by atoms with Crippen molar-refractivity contribution < 1.29 is 0 Å². The third-order valence-electron chi connectivity index (χ3n) is 3.70. The second-order valence-electron chi connectivity index (χ2n) is 5.29. The lowest BCUT2D eigenvalue weighted by Gasteiger charge is -2.38. The van der Waals surface area contributed by atoms with Crippen molar-refractivity contribution in [2.75, 3.05) is 6.54 Å². The Bertz CT molecular complexity index is 436. The first kappa shape index (κ1) is 12.4. The third-order valence-corrected chi connectivity index (χ3v) is 3.70. The highest BCUT2D eigenvalue weighted by Crippen LogP contribution is 2.31. The van der Waals surface area contributed by atoms with E-state index in [1.165, 1.54) is 31.4 Å². The van der Waals surface area contributed by atoms with Gasteiger partial charge < -0.3 is 4.98 Å². The molecule has 0 aromatic carbocycles. The Morgan fingerprint density at radius 2 is 2.18 bits per heavy atom. The second-order valence-corrected chi connectivity index (χ2v) is 5.29. The Labute approximate surface area is 103 Å². The van der Waals surface area contributed by atoms with Crippen LogP contribution in [0.4, 0.5) is 0 Å². The molecule has 1 atom stereocenters. The normalized spacial score (nSPS) is 22.0. The van der Waals surface area contributed by atoms with Gasteiger partial charge in [0, 0.05) is 23.8 Å². The van der Waals surface area contributed by atoms with Gasteiger partial charge in [-0.1, -0.05) is 6.42 Å². The SMILES string of the molecule is Cc1cc([C@@H]2CCCCN2C(C)C)c[nH]c1=O. The van der Waals surface area contributed by atoms with Gasteiger partial charge in [-0.2, -0.15) is 0 Å². The van der Waals surface area contributed by atoms with Crippen molar-refractivity contribution in [2.45, 2.75) is 52.1 Å². The van der Waals surface area contributed by atoms with Crippen LogP contribution in [0.3, 0.4) is 0 Å². The highest BCUT2D eigenvalue weighted by atomic mass is 16.1. The Hall–Kier alpha value is -1.09. The smallest absolute Gasteiger partial charge is 0.250 e. The lowest BCUT2D eigenvalue weighted by atomic mass is 9.94. The molecule has 1 fully saturated rings. The van der Waals surface area contributed by atoms with Crippen LogP contribution in [0, 0.1) is 6.92 Å². The van der Waals surface area contributed by atoms with Crippen molar-refractivity contribution in [3.63, 3.8) is 0 Å². The fourth-order valence-corrected chi connectivity index (χ4v) is 2.74. The minimum Gasteiger partial charge on any atom is -0.329 e. The molecule has 0 unspecified atom stereocenters. The van der Waals surface area contributed by atoms with Crippen LogP contribution in [0.25, 0.3) is 0 Å². The van der Waals surface area contributed by atoms with E-state index in [2.05, 4.69) is 23.7 Å². The van der Waals surface area contributed by atoms with Crippen LogP contribution >= 0.6 is 0 Å². The molecule has 3 heteroatoms. The summed E-state index contributed by atoms with van der Waals surface area (Å²) in [6.45, 7) is 7.54. The van der Waals surface area contributed by atoms with E-state index >= 15 is 0 Å².